The van der Waals surface area contributed by atoms with Gasteiger partial charge in [0.15, 0.2) is 0 Å². The van der Waals surface area contributed by atoms with Gasteiger partial charge in [-0.15, -0.1) is 0 Å². The van der Waals surface area contributed by atoms with Gasteiger partial charge >= 0.3 is 0 Å². The monoisotopic (exact) mass is 256 g/mol. The summed E-state index contributed by atoms with van der Waals surface area (Å²) in [5.74, 6) is 0.159. The second-order valence-electron chi connectivity index (χ2n) is 4.36. The Hall–Kier alpha value is -1.07. The van der Waals surface area contributed by atoms with Gasteiger partial charge in [-0.2, -0.15) is 0 Å². The first-order chi connectivity index (χ1) is 7.93. The van der Waals surface area contributed by atoms with Crippen LogP contribution in [0.25, 0.3) is 0 Å². The largest absolute Gasteiger partial charge is 0.305 e. The maximum absolute atomic E-state index is 11.5. The zero-order chi connectivity index (χ0) is 12.9. The molecule has 0 aliphatic carbocycles. The Balaban J connectivity index is 2.68. The minimum Gasteiger partial charge on any atom is -0.305 e. The molecule has 5 heteroatoms. The highest BCUT2D eigenvalue weighted by molar-refractivity contribution is 7.92. The van der Waals surface area contributed by atoms with Crippen LogP contribution in [0.15, 0.2) is 24.3 Å². The van der Waals surface area contributed by atoms with E-state index in [-0.39, 0.29) is 5.75 Å². The average Bonchev–Trinajstić information content (AvgIpc) is 2.19. The Morgan fingerprint density at radius 2 is 1.76 bits per heavy atom. The Morgan fingerprint density at radius 1 is 1.18 bits per heavy atom. The lowest BCUT2D eigenvalue weighted by Gasteiger charge is -2.11. The average molecular weight is 256 g/mol. The van der Waals surface area contributed by atoms with Crippen molar-refractivity contribution < 1.29 is 8.42 Å². The summed E-state index contributed by atoms with van der Waals surface area (Å²) in [4.78, 5) is 2.07. The lowest BCUT2D eigenvalue weighted by molar-refractivity contribution is 0.402. The standard InChI is InChI=1S/C12H20N2O2S/c1-4-9-17(15,16)13-12-7-5-11(6-8-12)10-14(2)3/h5-8,13H,4,9-10H2,1-3H3. The molecule has 0 saturated heterocycles. The van der Waals surface area contributed by atoms with Crippen molar-refractivity contribution in [2.75, 3.05) is 24.6 Å². The van der Waals surface area contributed by atoms with Gasteiger partial charge in [-0.3, -0.25) is 4.72 Å². The van der Waals surface area contributed by atoms with E-state index in [1.54, 1.807) is 12.1 Å². The number of nitrogens with one attached hydrogen (secondary N) is 1. The number of hydrogen-bond acceptors (Lipinski definition) is 3. The summed E-state index contributed by atoms with van der Waals surface area (Å²) in [6, 6.07) is 7.46. The van der Waals surface area contributed by atoms with Crippen molar-refractivity contribution in [3.05, 3.63) is 29.8 Å². The summed E-state index contributed by atoms with van der Waals surface area (Å²) < 4.78 is 25.6. The molecule has 0 unspecified atom stereocenters. The fraction of sp³-hybridized carbons (Fsp3) is 0.500. The van der Waals surface area contributed by atoms with Gasteiger partial charge in [-0.25, -0.2) is 8.42 Å². The number of sulfonamides is 1. The van der Waals surface area contributed by atoms with E-state index in [0.29, 0.717) is 12.1 Å². The lowest BCUT2D eigenvalue weighted by atomic mass is 10.2. The predicted molar refractivity (Wildman–Crippen MR) is 71.5 cm³/mol. The van der Waals surface area contributed by atoms with Crippen LogP contribution in [0.4, 0.5) is 5.69 Å². The van der Waals surface area contributed by atoms with Crippen molar-refractivity contribution in [1.82, 2.24) is 4.90 Å². The topological polar surface area (TPSA) is 49.4 Å². The highest BCUT2D eigenvalue weighted by atomic mass is 32.2. The second-order valence-corrected chi connectivity index (χ2v) is 6.20. The van der Waals surface area contributed by atoms with E-state index in [2.05, 4.69) is 9.62 Å². The Labute approximate surface area is 104 Å². The molecule has 17 heavy (non-hydrogen) atoms. The summed E-state index contributed by atoms with van der Waals surface area (Å²) in [6.07, 6.45) is 0.619. The van der Waals surface area contributed by atoms with Crippen LogP contribution in [0, 0.1) is 0 Å². The molecule has 0 aliphatic heterocycles. The first-order valence-corrected chi connectivity index (χ1v) is 7.32. The lowest BCUT2D eigenvalue weighted by Crippen LogP contribution is -2.16. The third-order valence-electron chi connectivity index (χ3n) is 2.20. The van der Waals surface area contributed by atoms with Crippen molar-refractivity contribution in [3.8, 4) is 0 Å². The zero-order valence-electron chi connectivity index (χ0n) is 10.6. The van der Waals surface area contributed by atoms with E-state index in [4.69, 9.17) is 0 Å². The van der Waals surface area contributed by atoms with E-state index in [0.717, 1.165) is 12.1 Å². The minimum atomic E-state index is -3.18. The second kappa shape index (κ2) is 6.02. The van der Waals surface area contributed by atoms with Crippen LogP contribution in [0.1, 0.15) is 18.9 Å². The summed E-state index contributed by atoms with van der Waals surface area (Å²) in [6.45, 7) is 2.70. The number of benzene rings is 1. The number of nitrogens with zero attached hydrogens (tertiary/aromatic N) is 1. The summed E-state index contributed by atoms with van der Waals surface area (Å²) >= 11 is 0. The quantitative estimate of drug-likeness (QED) is 0.845. The molecule has 0 aliphatic rings. The van der Waals surface area contributed by atoms with E-state index in [1.807, 2.05) is 33.2 Å². The van der Waals surface area contributed by atoms with Crippen molar-refractivity contribution >= 4 is 15.7 Å². The highest BCUT2D eigenvalue weighted by Crippen LogP contribution is 2.12. The van der Waals surface area contributed by atoms with Crippen molar-refractivity contribution in [2.24, 2.45) is 0 Å². The van der Waals surface area contributed by atoms with Crippen LogP contribution < -0.4 is 4.72 Å². The fourth-order valence-corrected chi connectivity index (χ4v) is 2.68. The molecule has 1 N–H and O–H groups in total. The molecule has 0 atom stereocenters. The van der Waals surface area contributed by atoms with Crippen LogP contribution in [-0.2, 0) is 16.6 Å². The van der Waals surface area contributed by atoms with Crippen LogP contribution >= 0.6 is 0 Å². The van der Waals surface area contributed by atoms with Gasteiger partial charge < -0.3 is 4.90 Å². The van der Waals surface area contributed by atoms with Crippen molar-refractivity contribution in [1.29, 1.82) is 0 Å². The molecule has 0 bridgehead atoms. The predicted octanol–water partition coefficient (Wildman–Crippen LogP) is 1.90. The van der Waals surface area contributed by atoms with Gasteiger partial charge in [0, 0.05) is 12.2 Å². The Kier molecular flexibility index (Phi) is 4.96. The molecule has 4 nitrogen and oxygen atoms in total. The van der Waals surface area contributed by atoms with Gasteiger partial charge in [-0.1, -0.05) is 19.1 Å². The van der Waals surface area contributed by atoms with E-state index in [1.165, 1.54) is 0 Å². The third kappa shape index (κ3) is 5.19. The summed E-state index contributed by atoms with van der Waals surface area (Å²) in [5.41, 5.74) is 1.79. The SMILES string of the molecule is CCCS(=O)(=O)Nc1ccc(CN(C)C)cc1. The van der Waals surface area contributed by atoms with Gasteiger partial charge in [-0.05, 0) is 38.2 Å². The van der Waals surface area contributed by atoms with Crippen LogP contribution in [0.2, 0.25) is 0 Å². The van der Waals surface area contributed by atoms with Crippen molar-refractivity contribution in [2.45, 2.75) is 19.9 Å². The van der Waals surface area contributed by atoms with Crippen LogP contribution in [0.5, 0.6) is 0 Å². The van der Waals surface area contributed by atoms with Gasteiger partial charge in [0.05, 0.1) is 5.75 Å². The van der Waals surface area contributed by atoms with E-state index in [9.17, 15) is 8.42 Å². The van der Waals surface area contributed by atoms with Crippen LogP contribution in [-0.4, -0.2) is 33.2 Å². The van der Waals surface area contributed by atoms with Gasteiger partial charge in [0.1, 0.15) is 0 Å². The summed E-state index contributed by atoms with van der Waals surface area (Å²) in [7, 11) is 0.815. The molecular weight excluding hydrogens is 236 g/mol. The molecule has 1 aromatic carbocycles. The molecule has 0 saturated carbocycles. The Bertz CT molecular complexity index is 438. The normalized spacial score (nSPS) is 11.8. The molecule has 1 aromatic rings. The molecule has 1 rings (SSSR count). The highest BCUT2D eigenvalue weighted by Gasteiger charge is 2.08. The first kappa shape index (κ1) is 14.0. The van der Waals surface area contributed by atoms with Gasteiger partial charge in [0.2, 0.25) is 10.0 Å². The summed E-state index contributed by atoms with van der Waals surface area (Å²) in [5, 5.41) is 0. The third-order valence-corrected chi connectivity index (χ3v) is 3.69. The molecule has 0 heterocycles. The molecule has 0 amide bonds. The number of rotatable bonds is 6. The Morgan fingerprint density at radius 3 is 2.24 bits per heavy atom. The zero-order valence-corrected chi connectivity index (χ0v) is 11.4. The molecule has 0 radical (unpaired) electrons. The molecule has 96 valence electrons. The van der Waals surface area contributed by atoms with Crippen molar-refractivity contribution in [3.63, 3.8) is 0 Å². The molecule has 0 spiro atoms. The maximum atomic E-state index is 11.5. The van der Waals surface area contributed by atoms with E-state index >= 15 is 0 Å². The van der Waals surface area contributed by atoms with E-state index < -0.39 is 10.0 Å². The molecule has 0 fully saturated rings. The minimum absolute atomic E-state index is 0.159. The first-order valence-electron chi connectivity index (χ1n) is 5.67. The maximum Gasteiger partial charge on any atom is 0.232 e. The van der Waals surface area contributed by atoms with Gasteiger partial charge in [0.25, 0.3) is 0 Å². The number of anilines is 1. The molecule has 0 aromatic heterocycles. The van der Waals surface area contributed by atoms with Crippen LogP contribution in [0.3, 0.4) is 0 Å². The fourth-order valence-electron chi connectivity index (χ4n) is 1.54. The molecular formula is C12H20N2O2S. The number of hydrogen-bond donors (Lipinski definition) is 1. The smallest absolute Gasteiger partial charge is 0.232 e.